The summed E-state index contributed by atoms with van der Waals surface area (Å²) in [4.78, 5) is 32.4. The topological polar surface area (TPSA) is 162 Å². The molecule has 1 saturated carbocycles. The van der Waals surface area contributed by atoms with Crippen LogP contribution in [0, 0.1) is 33.7 Å². The molecule has 14 heteroatoms. The van der Waals surface area contributed by atoms with Crippen LogP contribution in [0.1, 0.15) is 68.9 Å². The van der Waals surface area contributed by atoms with Crippen LogP contribution in [-0.4, -0.2) is 77.2 Å². The molecule has 1 amide bonds. The molecule has 0 unspecified atom stereocenters. The number of non-ortho nitro benzene ring substituents is 1. The number of methoxy groups -OCH3 is 1. The number of rotatable bonds is 19. The summed E-state index contributed by atoms with van der Waals surface area (Å²) in [5.74, 6) is -1.68. The van der Waals surface area contributed by atoms with Gasteiger partial charge < -0.3 is 34.0 Å². The Morgan fingerprint density at radius 2 is 1.81 bits per heavy atom. The molecule has 1 heterocycles. The Morgan fingerprint density at radius 1 is 1.07 bits per heavy atom. The number of oxime groups is 1. The standard InChI is InChI=1S/C44H52FN3O10/c1-4-23-55-44-40(47(43(51)54-3)28-29-15-17-31(45)18-16-29)27-38(46-56-5-2)36-24-30(11-6-8-21-49)35(14-7-9-22-50)41(42(36)44)37-26-34(19-20-39(37)58-44)57-33-13-10-12-32(25-33)48(52)53/h4,10,12-13,15-20,24-26,30,35,40-42,49-50H,1,5-9,11,14,21-23,27-28H2,2-3H3/t30-,35+,40-,41+,42+,44+/m0/s1. The van der Waals surface area contributed by atoms with E-state index < -0.39 is 34.6 Å². The van der Waals surface area contributed by atoms with Crippen molar-refractivity contribution >= 4 is 17.5 Å². The molecule has 310 valence electrons. The molecule has 0 spiro atoms. The van der Waals surface area contributed by atoms with Crippen molar-refractivity contribution in [2.75, 3.05) is 33.5 Å². The molecule has 1 fully saturated rings. The fourth-order valence-electron chi connectivity index (χ4n) is 8.86. The van der Waals surface area contributed by atoms with Crippen molar-refractivity contribution < 1.29 is 48.1 Å². The van der Waals surface area contributed by atoms with Crippen LogP contribution >= 0.6 is 0 Å². The average molecular weight is 802 g/mol. The van der Waals surface area contributed by atoms with Crippen LogP contribution < -0.4 is 9.47 Å². The van der Waals surface area contributed by atoms with Gasteiger partial charge in [0.25, 0.3) is 5.69 Å². The van der Waals surface area contributed by atoms with Crippen molar-refractivity contribution in [3.05, 3.63) is 118 Å². The van der Waals surface area contributed by atoms with Gasteiger partial charge in [-0.05, 0) is 92.0 Å². The Kier molecular flexibility index (Phi) is 14.2. The molecule has 1 aliphatic heterocycles. The Bertz CT molecular complexity index is 1970. The lowest BCUT2D eigenvalue weighted by Crippen LogP contribution is -2.70. The smallest absolute Gasteiger partial charge is 0.410 e. The number of aliphatic hydroxyl groups excluding tert-OH is 2. The first kappa shape index (κ1) is 42.3. The highest BCUT2D eigenvalue weighted by Crippen LogP contribution is 2.62. The van der Waals surface area contributed by atoms with Crippen LogP contribution in [0.4, 0.5) is 14.9 Å². The Balaban J connectivity index is 1.59. The van der Waals surface area contributed by atoms with E-state index in [9.17, 15) is 29.5 Å². The van der Waals surface area contributed by atoms with E-state index in [1.165, 1.54) is 31.4 Å². The van der Waals surface area contributed by atoms with Crippen molar-refractivity contribution in [2.24, 2.45) is 22.9 Å². The van der Waals surface area contributed by atoms with E-state index in [1.807, 2.05) is 13.0 Å². The third-order valence-corrected chi connectivity index (χ3v) is 11.3. The third-order valence-electron chi connectivity index (χ3n) is 11.3. The van der Waals surface area contributed by atoms with Crippen LogP contribution in [0.2, 0.25) is 0 Å². The van der Waals surface area contributed by atoms with Crippen LogP contribution in [0.5, 0.6) is 17.2 Å². The molecular formula is C44H52FN3O10. The lowest BCUT2D eigenvalue weighted by atomic mass is 9.55. The maximum absolute atomic E-state index is 14.1. The summed E-state index contributed by atoms with van der Waals surface area (Å²) in [6, 6.07) is 16.5. The van der Waals surface area contributed by atoms with Crippen molar-refractivity contribution in [2.45, 2.75) is 76.2 Å². The quantitative estimate of drug-likeness (QED) is 0.0521. The van der Waals surface area contributed by atoms with Gasteiger partial charge in [0, 0.05) is 43.7 Å². The zero-order valence-electron chi connectivity index (χ0n) is 33.0. The predicted molar refractivity (Wildman–Crippen MR) is 214 cm³/mol. The minimum atomic E-state index is -1.54. The van der Waals surface area contributed by atoms with Crippen LogP contribution in [0.3, 0.4) is 0 Å². The van der Waals surface area contributed by atoms with Gasteiger partial charge in [-0.3, -0.25) is 15.0 Å². The van der Waals surface area contributed by atoms with Gasteiger partial charge in [-0.1, -0.05) is 48.3 Å². The van der Waals surface area contributed by atoms with E-state index in [1.54, 1.807) is 47.4 Å². The zero-order valence-corrected chi connectivity index (χ0v) is 33.0. The second kappa shape index (κ2) is 19.4. The van der Waals surface area contributed by atoms with Gasteiger partial charge in [0.1, 0.15) is 35.7 Å². The number of nitro groups is 1. The number of carbonyl (C=O) groups is 1. The molecule has 3 aromatic rings. The van der Waals surface area contributed by atoms with Gasteiger partial charge in [0.15, 0.2) is 0 Å². The highest BCUT2D eigenvalue weighted by Gasteiger charge is 2.65. The average Bonchev–Trinajstić information content (AvgIpc) is 3.23. The SMILES string of the molecule is C=CCO[C@@]12Oc3ccc(Oc4cccc([N+](=O)[O-])c4)cc3[C@H]3[C@H](CCCCO)[C@@H](CCCCO)C=C(C(=NOCC)C[C@@H]1N(Cc1ccc(F)cc1)C(=O)OC)[C@H]32. The molecule has 3 aromatic carbocycles. The van der Waals surface area contributed by atoms with Crippen molar-refractivity contribution in [3.8, 4) is 17.2 Å². The van der Waals surface area contributed by atoms with E-state index in [-0.39, 0.29) is 56.2 Å². The highest BCUT2D eigenvalue weighted by molar-refractivity contribution is 6.03. The lowest BCUT2D eigenvalue weighted by Gasteiger charge is -2.59. The van der Waals surface area contributed by atoms with E-state index in [0.717, 1.165) is 36.8 Å². The van der Waals surface area contributed by atoms with E-state index in [0.29, 0.717) is 48.0 Å². The van der Waals surface area contributed by atoms with Gasteiger partial charge in [-0.2, -0.15) is 0 Å². The summed E-state index contributed by atoms with van der Waals surface area (Å²) in [6.45, 7) is 6.29. The number of amides is 1. The van der Waals surface area contributed by atoms with Crippen LogP contribution in [0.15, 0.2) is 96.2 Å². The van der Waals surface area contributed by atoms with Crippen molar-refractivity contribution in [1.82, 2.24) is 4.90 Å². The van der Waals surface area contributed by atoms with E-state index in [4.69, 9.17) is 23.8 Å². The minimum Gasteiger partial charge on any atom is -0.459 e. The number of hydrogen-bond donors (Lipinski definition) is 2. The minimum absolute atomic E-state index is 0.00481. The zero-order chi connectivity index (χ0) is 41.2. The van der Waals surface area contributed by atoms with Gasteiger partial charge in [-0.25, -0.2) is 9.18 Å². The van der Waals surface area contributed by atoms with E-state index in [2.05, 4.69) is 17.8 Å². The summed E-state index contributed by atoms with van der Waals surface area (Å²) in [7, 11) is 1.30. The summed E-state index contributed by atoms with van der Waals surface area (Å²) in [6.07, 6.45) is 7.59. The number of hydrogen-bond acceptors (Lipinski definition) is 11. The molecular weight excluding hydrogens is 749 g/mol. The predicted octanol–water partition coefficient (Wildman–Crippen LogP) is 8.45. The normalized spacial score (nSPS) is 23.8. The number of aliphatic hydroxyl groups is 2. The van der Waals surface area contributed by atoms with E-state index >= 15 is 0 Å². The number of unbranched alkanes of at least 4 members (excludes halogenated alkanes) is 2. The molecule has 6 atom stereocenters. The Hall–Kier alpha value is -5.31. The van der Waals surface area contributed by atoms with Crippen molar-refractivity contribution in [1.29, 1.82) is 0 Å². The maximum Gasteiger partial charge on any atom is 0.410 e. The molecule has 2 N–H and O–H groups in total. The van der Waals surface area contributed by atoms with Gasteiger partial charge in [0.2, 0.25) is 5.79 Å². The van der Waals surface area contributed by atoms with Gasteiger partial charge in [0.05, 0.1) is 36.3 Å². The third kappa shape index (κ3) is 9.04. The molecule has 58 heavy (non-hydrogen) atoms. The first-order valence-electron chi connectivity index (χ1n) is 19.9. The lowest BCUT2D eigenvalue weighted by molar-refractivity contribution is -0.384. The molecule has 2 aliphatic carbocycles. The number of nitro benzene ring substituents is 1. The number of nitrogens with zero attached hydrogens (tertiary/aromatic N) is 3. The molecule has 0 bridgehead atoms. The first-order valence-corrected chi connectivity index (χ1v) is 19.9. The molecule has 0 radical (unpaired) electrons. The largest absolute Gasteiger partial charge is 0.459 e. The Labute approximate surface area is 337 Å². The summed E-state index contributed by atoms with van der Waals surface area (Å²) in [5, 5.41) is 35.9. The number of fused-ring (bicyclic) bond motifs is 2. The Morgan fingerprint density at radius 3 is 2.50 bits per heavy atom. The monoisotopic (exact) mass is 801 g/mol. The van der Waals surface area contributed by atoms with Gasteiger partial charge in [-0.15, -0.1) is 6.58 Å². The molecule has 6 rings (SSSR count). The molecule has 0 saturated heterocycles. The van der Waals surface area contributed by atoms with Gasteiger partial charge >= 0.3 is 6.09 Å². The molecule has 13 nitrogen and oxygen atoms in total. The molecule has 0 aromatic heterocycles. The number of benzene rings is 3. The summed E-state index contributed by atoms with van der Waals surface area (Å²) >= 11 is 0. The maximum atomic E-state index is 14.1. The number of allylic oxidation sites excluding steroid dienone is 1. The number of halogens is 1. The number of ether oxygens (including phenoxy) is 4. The van der Waals surface area contributed by atoms with Crippen molar-refractivity contribution in [3.63, 3.8) is 0 Å². The van der Waals surface area contributed by atoms with Crippen LogP contribution in [0.25, 0.3) is 0 Å². The second-order valence-corrected chi connectivity index (χ2v) is 14.8. The second-order valence-electron chi connectivity index (χ2n) is 14.8. The summed E-state index contributed by atoms with van der Waals surface area (Å²) in [5.41, 5.74) is 2.83. The number of carbonyl (C=O) groups excluding carboxylic acids is 1. The van der Waals surface area contributed by atoms with Crippen LogP contribution in [-0.2, 0) is 20.9 Å². The first-order chi connectivity index (χ1) is 28.2. The fourth-order valence-corrected chi connectivity index (χ4v) is 8.86. The summed E-state index contributed by atoms with van der Waals surface area (Å²) < 4.78 is 39.9. The molecule has 3 aliphatic rings. The highest BCUT2D eigenvalue weighted by atomic mass is 19.1. The fraction of sp³-hybridized carbons (Fsp3) is 0.455.